The third kappa shape index (κ3) is 4.22. The van der Waals surface area contributed by atoms with Gasteiger partial charge < -0.3 is 19.9 Å². The third-order valence-corrected chi connectivity index (χ3v) is 5.17. The maximum atomic E-state index is 5.46. The fraction of sp³-hybridized carbons (Fsp3) is 0.227. The zero-order valence-corrected chi connectivity index (χ0v) is 17.1. The Bertz CT molecular complexity index is 1170. The Balaban J connectivity index is 1.41. The molecule has 1 saturated heterocycles. The van der Waals surface area contributed by atoms with E-state index < -0.39 is 0 Å². The van der Waals surface area contributed by atoms with E-state index in [4.69, 9.17) is 4.74 Å². The van der Waals surface area contributed by atoms with Gasteiger partial charge in [0.1, 0.15) is 5.69 Å². The first-order valence-electron chi connectivity index (χ1n) is 10.1. The van der Waals surface area contributed by atoms with Gasteiger partial charge in [-0.3, -0.25) is 9.97 Å². The molecule has 0 saturated carbocycles. The van der Waals surface area contributed by atoms with Crippen LogP contribution in [0.5, 0.6) is 0 Å². The van der Waals surface area contributed by atoms with E-state index in [9.17, 15) is 0 Å². The second kappa shape index (κ2) is 8.49. The molecule has 1 fully saturated rings. The van der Waals surface area contributed by atoms with Gasteiger partial charge in [0.15, 0.2) is 11.6 Å². The third-order valence-electron chi connectivity index (χ3n) is 5.17. The molecule has 0 unspecified atom stereocenters. The number of hydrogen-bond donors (Lipinski definition) is 2. The van der Waals surface area contributed by atoms with Gasteiger partial charge in [-0.15, -0.1) is 0 Å². The highest BCUT2D eigenvalue weighted by molar-refractivity contribution is 5.71. The average molecular weight is 414 g/mol. The molecule has 156 valence electrons. The number of aryl methyl sites for hydroxylation is 1. The molecular formula is C22H22N8O. The number of anilines is 3. The van der Waals surface area contributed by atoms with E-state index >= 15 is 0 Å². The van der Waals surface area contributed by atoms with Gasteiger partial charge in [-0.2, -0.15) is 10.2 Å². The second-order valence-corrected chi connectivity index (χ2v) is 7.28. The predicted octanol–water partition coefficient (Wildman–Crippen LogP) is 3.21. The van der Waals surface area contributed by atoms with E-state index in [1.54, 1.807) is 18.6 Å². The van der Waals surface area contributed by atoms with Crippen molar-refractivity contribution in [3.05, 3.63) is 60.9 Å². The predicted molar refractivity (Wildman–Crippen MR) is 118 cm³/mol. The molecule has 1 aliphatic rings. The van der Waals surface area contributed by atoms with Crippen LogP contribution >= 0.6 is 0 Å². The minimum atomic E-state index is 0.696. The molecule has 0 amide bonds. The Morgan fingerprint density at radius 3 is 2.74 bits per heavy atom. The summed E-state index contributed by atoms with van der Waals surface area (Å²) >= 11 is 0. The minimum absolute atomic E-state index is 0.696. The molecule has 31 heavy (non-hydrogen) atoms. The van der Waals surface area contributed by atoms with Crippen molar-refractivity contribution in [3.8, 4) is 22.6 Å². The number of nitrogens with one attached hydrogen (secondary N) is 2. The topological polar surface area (TPSA) is 105 Å². The summed E-state index contributed by atoms with van der Waals surface area (Å²) in [5, 5.41) is 10.9. The molecule has 9 nitrogen and oxygen atoms in total. The first-order valence-corrected chi connectivity index (χ1v) is 10.1. The van der Waals surface area contributed by atoms with Gasteiger partial charge in [-0.1, -0.05) is 0 Å². The van der Waals surface area contributed by atoms with Crippen molar-refractivity contribution in [1.82, 2.24) is 30.1 Å². The normalized spacial score (nSPS) is 13.9. The lowest BCUT2D eigenvalue weighted by Crippen LogP contribution is -2.36. The molecule has 0 bridgehead atoms. The summed E-state index contributed by atoms with van der Waals surface area (Å²) in [6, 6.07) is 8.01. The quantitative estimate of drug-likeness (QED) is 0.513. The van der Waals surface area contributed by atoms with Crippen LogP contribution in [0.25, 0.3) is 22.6 Å². The highest BCUT2D eigenvalue weighted by Crippen LogP contribution is 2.28. The van der Waals surface area contributed by atoms with Crippen molar-refractivity contribution in [3.63, 3.8) is 0 Å². The van der Waals surface area contributed by atoms with Crippen LogP contribution in [0.2, 0.25) is 0 Å². The summed E-state index contributed by atoms with van der Waals surface area (Å²) in [6.45, 7) is 5.20. The van der Waals surface area contributed by atoms with Gasteiger partial charge in [-0.25, -0.2) is 4.98 Å². The monoisotopic (exact) mass is 414 g/mol. The Kier molecular flexibility index (Phi) is 5.24. The van der Waals surface area contributed by atoms with E-state index in [-0.39, 0.29) is 0 Å². The van der Waals surface area contributed by atoms with Crippen molar-refractivity contribution < 1.29 is 4.74 Å². The molecular weight excluding hydrogens is 392 g/mol. The second-order valence-electron chi connectivity index (χ2n) is 7.28. The summed E-state index contributed by atoms with van der Waals surface area (Å²) < 4.78 is 5.46. The van der Waals surface area contributed by atoms with Crippen LogP contribution in [0.4, 0.5) is 17.2 Å². The van der Waals surface area contributed by atoms with Crippen LogP contribution in [0, 0.1) is 6.92 Å². The molecule has 5 heterocycles. The lowest BCUT2D eigenvalue weighted by atomic mass is 10.1. The molecule has 0 aliphatic carbocycles. The number of aromatic amines is 1. The zero-order valence-electron chi connectivity index (χ0n) is 17.1. The number of imidazole rings is 1. The molecule has 9 heteroatoms. The van der Waals surface area contributed by atoms with Crippen molar-refractivity contribution >= 4 is 17.2 Å². The SMILES string of the molecule is Cc1[nH]c(-c2cc(-c3cncc(N4CCOCC4)c3)ccn2)nc1Nc1ccnnc1. The van der Waals surface area contributed by atoms with Gasteiger partial charge in [0.2, 0.25) is 0 Å². The largest absolute Gasteiger partial charge is 0.378 e. The summed E-state index contributed by atoms with van der Waals surface area (Å²) in [5.41, 5.74) is 5.68. The van der Waals surface area contributed by atoms with Gasteiger partial charge >= 0.3 is 0 Å². The Morgan fingerprint density at radius 1 is 1.00 bits per heavy atom. The number of nitrogens with zero attached hydrogens (tertiary/aromatic N) is 6. The summed E-state index contributed by atoms with van der Waals surface area (Å²) in [6.07, 6.45) is 8.86. The van der Waals surface area contributed by atoms with Gasteiger partial charge in [0.25, 0.3) is 0 Å². The van der Waals surface area contributed by atoms with Crippen LogP contribution in [-0.4, -0.2) is 56.4 Å². The smallest absolute Gasteiger partial charge is 0.158 e. The fourth-order valence-corrected chi connectivity index (χ4v) is 3.52. The highest BCUT2D eigenvalue weighted by atomic mass is 16.5. The van der Waals surface area contributed by atoms with Gasteiger partial charge in [0, 0.05) is 31.0 Å². The summed E-state index contributed by atoms with van der Waals surface area (Å²) in [4.78, 5) is 19.3. The van der Waals surface area contributed by atoms with E-state index in [0.717, 1.165) is 66.0 Å². The molecule has 0 atom stereocenters. The molecule has 5 rings (SSSR count). The van der Waals surface area contributed by atoms with Crippen molar-refractivity contribution in [2.75, 3.05) is 36.5 Å². The van der Waals surface area contributed by atoms with E-state index in [1.807, 2.05) is 37.5 Å². The Labute approximate surface area is 179 Å². The fourth-order valence-electron chi connectivity index (χ4n) is 3.52. The number of ether oxygens (including phenoxy) is 1. The molecule has 4 aromatic heterocycles. The van der Waals surface area contributed by atoms with E-state index in [2.05, 4.69) is 46.4 Å². The number of aromatic nitrogens is 6. The van der Waals surface area contributed by atoms with Gasteiger partial charge in [0.05, 0.1) is 48.9 Å². The number of pyridine rings is 2. The number of morpholine rings is 1. The molecule has 2 N–H and O–H groups in total. The summed E-state index contributed by atoms with van der Waals surface area (Å²) in [7, 11) is 0. The van der Waals surface area contributed by atoms with Crippen molar-refractivity contribution in [2.24, 2.45) is 0 Å². The lowest BCUT2D eigenvalue weighted by Gasteiger charge is -2.28. The maximum absolute atomic E-state index is 5.46. The highest BCUT2D eigenvalue weighted by Gasteiger charge is 2.14. The molecule has 4 aromatic rings. The van der Waals surface area contributed by atoms with Crippen molar-refractivity contribution in [2.45, 2.75) is 6.92 Å². The van der Waals surface area contributed by atoms with Crippen LogP contribution < -0.4 is 10.2 Å². The average Bonchev–Trinajstić information content (AvgIpc) is 3.20. The first-order chi connectivity index (χ1) is 15.3. The minimum Gasteiger partial charge on any atom is -0.378 e. The first kappa shape index (κ1) is 19.1. The number of H-pyrrole nitrogens is 1. The lowest BCUT2D eigenvalue weighted by molar-refractivity contribution is 0.122. The molecule has 0 spiro atoms. The molecule has 0 aromatic carbocycles. The van der Waals surface area contributed by atoms with E-state index in [1.165, 1.54) is 0 Å². The zero-order chi connectivity index (χ0) is 21.0. The van der Waals surface area contributed by atoms with Gasteiger partial charge in [-0.05, 0) is 36.8 Å². The molecule has 0 radical (unpaired) electrons. The molecule has 1 aliphatic heterocycles. The van der Waals surface area contributed by atoms with Crippen LogP contribution in [0.1, 0.15) is 5.69 Å². The van der Waals surface area contributed by atoms with Crippen LogP contribution in [0.3, 0.4) is 0 Å². The number of rotatable bonds is 5. The Morgan fingerprint density at radius 2 is 1.90 bits per heavy atom. The standard InChI is InChI=1S/C22H22N8O/c1-15-21(28-18-3-5-25-26-13-18)29-22(27-15)20-11-16(2-4-24-20)17-10-19(14-23-12-17)30-6-8-31-9-7-30/h2-5,10-14H,6-9H2,1H3,(H,25,28)(H,27,29). The Hall–Kier alpha value is -3.85. The van der Waals surface area contributed by atoms with E-state index in [0.29, 0.717) is 5.82 Å². The maximum Gasteiger partial charge on any atom is 0.158 e. The number of hydrogen-bond acceptors (Lipinski definition) is 8. The van der Waals surface area contributed by atoms with Crippen molar-refractivity contribution in [1.29, 1.82) is 0 Å². The summed E-state index contributed by atoms with van der Waals surface area (Å²) in [5.74, 6) is 1.42. The van der Waals surface area contributed by atoms with Crippen LogP contribution in [-0.2, 0) is 4.74 Å². The van der Waals surface area contributed by atoms with Crippen LogP contribution in [0.15, 0.2) is 55.2 Å².